The molecule has 1 aliphatic heterocycles. The Morgan fingerprint density at radius 1 is 1.15 bits per heavy atom. The molecule has 1 atom stereocenters. The molecule has 1 aliphatic rings. The van der Waals surface area contributed by atoms with E-state index >= 15 is 4.39 Å². The topological polar surface area (TPSA) is 124 Å². The van der Waals surface area contributed by atoms with Crippen molar-refractivity contribution in [2.24, 2.45) is 0 Å². The summed E-state index contributed by atoms with van der Waals surface area (Å²) in [5.41, 5.74) is -2.09. The van der Waals surface area contributed by atoms with E-state index in [0.717, 1.165) is 12.1 Å². The largest absolute Gasteiger partial charge is 0.494 e. The molecule has 0 saturated carbocycles. The predicted octanol–water partition coefficient (Wildman–Crippen LogP) is 4.13. The van der Waals surface area contributed by atoms with E-state index in [1.807, 2.05) is 0 Å². The Labute approximate surface area is 234 Å². The van der Waals surface area contributed by atoms with Crippen LogP contribution in [0.5, 0.6) is 5.75 Å². The Bertz CT molecular complexity index is 1670. The number of fused-ring (bicyclic) bond motifs is 1. The summed E-state index contributed by atoms with van der Waals surface area (Å²) in [6.07, 6.45) is 0.0421. The molecular formula is C30H28F2N4O5. The number of nitrogens with zero attached hydrogens (tertiary/aromatic N) is 3. The molecule has 2 N–H and O–H groups in total. The number of halogens is 2. The lowest BCUT2D eigenvalue weighted by molar-refractivity contribution is -0.132. The number of hydrogen-bond donors (Lipinski definition) is 2. The third-order valence-corrected chi connectivity index (χ3v) is 7.03. The van der Waals surface area contributed by atoms with Crippen molar-refractivity contribution in [2.45, 2.75) is 38.4 Å². The molecule has 212 valence electrons. The van der Waals surface area contributed by atoms with E-state index in [9.17, 15) is 19.1 Å². The van der Waals surface area contributed by atoms with E-state index in [2.05, 4.69) is 20.5 Å². The Kier molecular flexibility index (Phi) is 7.26. The monoisotopic (exact) mass is 562 g/mol. The molecule has 0 bridgehead atoms. The molecule has 41 heavy (non-hydrogen) atoms. The fourth-order valence-electron chi connectivity index (χ4n) is 4.86. The Hall–Kier alpha value is -4.35. The molecule has 3 heterocycles. The summed E-state index contributed by atoms with van der Waals surface area (Å²) in [4.78, 5) is 31.1. The second kappa shape index (κ2) is 10.6. The van der Waals surface area contributed by atoms with Crippen LogP contribution in [0.1, 0.15) is 47.6 Å². The van der Waals surface area contributed by atoms with Gasteiger partial charge in [0.05, 0.1) is 37.3 Å². The van der Waals surface area contributed by atoms with E-state index in [-0.39, 0.29) is 53.4 Å². The number of methoxy groups -OCH3 is 1. The number of aliphatic hydroxyl groups is 1. The fraction of sp³-hybridized carbons (Fsp3) is 0.300. The van der Waals surface area contributed by atoms with Gasteiger partial charge in [-0.1, -0.05) is 0 Å². The maximum Gasteiger partial charge on any atom is 0.251 e. The number of ketones is 1. The van der Waals surface area contributed by atoms with Gasteiger partial charge >= 0.3 is 0 Å². The maximum absolute atomic E-state index is 15.7. The average Bonchev–Trinajstić information content (AvgIpc) is 3.31. The summed E-state index contributed by atoms with van der Waals surface area (Å²) in [5, 5.41) is 22.4. The smallest absolute Gasteiger partial charge is 0.251 e. The van der Waals surface area contributed by atoms with E-state index in [1.165, 1.54) is 45.2 Å². The first-order chi connectivity index (χ1) is 19.4. The lowest BCUT2D eigenvalue weighted by Gasteiger charge is -2.29. The van der Waals surface area contributed by atoms with Gasteiger partial charge in [0.15, 0.2) is 17.2 Å². The molecule has 0 aliphatic carbocycles. The van der Waals surface area contributed by atoms with Gasteiger partial charge in [0.2, 0.25) is 0 Å². The predicted molar refractivity (Wildman–Crippen MR) is 145 cm³/mol. The standard InChI is InChI=1S/C30H28F2N4O5/c1-16-11-18-12-19(13-22(40-4)26(18)36-35-16)28(38)33-15-30(24(37)9-10-41-30)23-14-21(29(2,3)39)25(32)27(34-23)17-5-7-20(31)8-6-17/h5-8,11-14,39H,9-10,15H2,1-4H3,(H,33,38)/t30-/m0/s1. The van der Waals surface area contributed by atoms with Gasteiger partial charge in [0, 0.05) is 28.5 Å². The van der Waals surface area contributed by atoms with Crippen molar-refractivity contribution in [1.29, 1.82) is 0 Å². The van der Waals surface area contributed by atoms with Crippen LogP contribution in [-0.4, -0.2) is 52.2 Å². The molecule has 0 radical (unpaired) electrons. The molecule has 9 nitrogen and oxygen atoms in total. The van der Waals surface area contributed by atoms with Gasteiger partial charge in [-0.05, 0) is 69.3 Å². The summed E-state index contributed by atoms with van der Waals surface area (Å²) in [7, 11) is 1.46. The summed E-state index contributed by atoms with van der Waals surface area (Å²) in [6.45, 7) is 4.31. The van der Waals surface area contributed by atoms with Crippen LogP contribution in [0.3, 0.4) is 0 Å². The number of rotatable bonds is 7. The number of ether oxygens (including phenoxy) is 2. The lowest BCUT2D eigenvalue weighted by atomic mass is 9.88. The fourth-order valence-corrected chi connectivity index (χ4v) is 4.86. The summed E-state index contributed by atoms with van der Waals surface area (Å²) in [5.74, 6) is -1.88. The minimum absolute atomic E-state index is 0.0140. The number of carbonyl (C=O) groups is 2. The van der Waals surface area contributed by atoms with E-state index in [0.29, 0.717) is 22.3 Å². The van der Waals surface area contributed by atoms with Gasteiger partial charge in [0.1, 0.15) is 22.8 Å². The molecule has 5 rings (SSSR count). The average molecular weight is 563 g/mol. The van der Waals surface area contributed by atoms with E-state index in [1.54, 1.807) is 19.1 Å². The van der Waals surface area contributed by atoms with Crippen LogP contribution in [0.4, 0.5) is 8.78 Å². The quantitative estimate of drug-likeness (QED) is 0.345. The van der Waals surface area contributed by atoms with Crippen LogP contribution in [0.2, 0.25) is 0 Å². The number of benzene rings is 2. The van der Waals surface area contributed by atoms with Gasteiger partial charge in [-0.15, -0.1) is 5.10 Å². The van der Waals surface area contributed by atoms with E-state index in [4.69, 9.17) is 9.47 Å². The normalized spacial score (nSPS) is 17.2. The first-order valence-corrected chi connectivity index (χ1v) is 12.9. The number of pyridine rings is 1. The number of hydrogen-bond acceptors (Lipinski definition) is 8. The number of amides is 1. The number of nitrogens with one attached hydrogen (secondary N) is 1. The lowest BCUT2D eigenvalue weighted by Crippen LogP contribution is -2.46. The molecule has 4 aromatic rings. The molecule has 11 heteroatoms. The Morgan fingerprint density at radius 2 is 1.88 bits per heavy atom. The highest BCUT2D eigenvalue weighted by Gasteiger charge is 2.48. The molecule has 0 spiro atoms. The van der Waals surface area contributed by atoms with Gasteiger partial charge in [-0.25, -0.2) is 13.8 Å². The molecule has 2 aromatic heterocycles. The zero-order valence-electron chi connectivity index (χ0n) is 22.9. The minimum Gasteiger partial charge on any atom is -0.494 e. The highest BCUT2D eigenvalue weighted by atomic mass is 19.1. The number of carbonyl (C=O) groups excluding carboxylic acids is 2. The van der Waals surface area contributed by atoms with Crippen molar-refractivity contribution in [2.75, 3.05) is 20.3 Å². The van der Waals surface area contributed by atoms with Crippen molar-refractivity contribution < 1.29 is 33.0 Å². The molecule has 0 unspecified atom stereocenters. The van der Waals surface area contributed by atoms with Crippen molar-refractivity contribution in [3.63, 3.8) is 0 Å². The van der Waals surface area contributed by atoms with Crippen LogP contribution >= 0.6 is 0 Å². The first-order valence-electron chi connectivity index (χ1n) is 12.9. The minimum atomic E-state index is -1.75. The van der Waals surface area contributed by atoms with Crippen LogP contribution in [0, 0.1) is 18.6 Å². The van der Waals surface area contributed by atoms with Crippen molar-refractivity contribution >= 4 is 22.6 Å². The van der Waals surface area contributed by atoms with E-state index < -0.39 is 28.7 Å². The summed E-state index contributed by atoms with van der Waals surface area (Å²) < 4.78 is 40.6. The Balaban J connectivity index is 1.56. The van der Waals surface area contributed by atoms with Crippen molar-refractivity contribution in [3.8, 4) is 17.0 Å². The highest BCUT2D eigenvalue weighted by Crippen LogP contribution is 2.38. The van der Waals surface area contributed by atoms with Crippen LogP contribution in [0.15, 0.2) is 48.5 Å². The van der Waals surface area contributed by atoms with Gasteiger partial charge < -0.3 is 19.9 Å². The molecule has 2 aromatic carbocycles. The third kappa shape index (κ3) is 5.25. The second-order valence-corrected chi connectivity index (χ2v) is 10.4. The molecule has 1 fully saturated rings. The SMILES string of the molecule is COc1cc(C(=O)NC[C@@]2(c3cc(C(C)(C)O)c(F)c(-c4ccc(F)cc4)n3)OCCC2=O)cc2cc(C)nnc12. The maximum atomic E-state index is 15.7. The molecule has 1 amide bonds. The van der Waals surface area contributed by atoms with Crippen molar-refractivity contribution in [3.05, 3.63) is 82.7 Å². The van der Waals surface area contributed by atoms with Crippen LogP contribution < -0.4 is 10.1 Å². The third-order valence-electron chi connectivity index (χ3n) is 7.03. The molecule has 1 saturated heterocycles. The second-order valence-electron chi connectivity index (χ2n) is 10.4. The van der Waals surface area contributed by atoms with Crippen LogP contribution in [-0.2, 0) is 20.7 Å². The van der Waals surface area contributed by atoms with Gasteiger partial charge in [-0.2, -0.15) is 5.10 Å². The molecular weight excluding hydrogens is 534 g/mol. The number of aryl methyl sites for hydroxylation is 1. The van der Waals surface area contributed by atoms with Crippen molar-refractivity contribution in [1.82, 2.24) is 20.5 Å². The number of aromatic nitrogens is 3. The highest BCUT2D eigenvalue weighted by molar-refractivity contribution is 6.00. The van der Waals surface area contributed by atoms with Gasteiger partial charge in [-0.3, -0.25) is 9.59 Å². The Morgan fingerprint density at radius 3 is 2.51 bits per heavy atom. The summed E-state index contributed by atoms with van der Waals surface area (Å²) in [6, 6.07) is 11.2. The summed E-state index contributed by atoms with van der Waals surface area (Å²) >= 11 is 0. The zero-order valence-corrected chi connectivity index (χ0v) is 22.9. The first kappa shape index (κ1) is 28.2. The van der Waals surface area contributed by atoms with Gasteiger partial charge in [0.25, 0.3) is 5.91 Å². The zero-order chi connectivity index (χ0) is 29.5. The number of Topliss-reactive ketones (excluding diaryl/α,β-unsaturated/α-hetero) is 1. The van der Waals surface area contributed by atoms with Crippen LogP contribution in [0.25, 0.3) is 22.2 Å².